The molecule has 0 spiro atoms. The molecular weight excluding hydrogens is 389 g/mol. The quantitative estimate of drug-likeness (QED) is 0.602. The van der Waals surface area contributed by atoms with E-state index in [1.807, 2.05) is 29.9 Å². The van der Waals surface area contributed by atoms with E-state index in [-0.39, 0.29) is 16.6 Å². The van der Waals surface area contributed by atoms with Crippen molar-refractivity contribution in [2.45, 2.75) is 52.6 Å². The van der Waals surface area contributed by atoms with Crippen LogP contribution in [0.4, 0.5) is 4.39 Å². The van der Waals surface area contributed by atoms with Crippen molar-refractivity contribution < 1.29 is 9.50 Å². The highest BCUT2D eigenvalue weighted by Gasteiger charge is 2.53. The number of fused-ring (bicyclic) bond motifs is 2. The van der Waals surface area contributed by atoms with E-state index in [2.05, 4.69) is 30.0 Å². The number of allylic oxidation sites excluding steroid dienone is 1. The average Bonchev–Trinajstić information content (AvgIpc) is 3.25. The van der Waals surface area contributed by atoms with Gasteiger partial charge in [0.1, 0.15) is 5.82 Å². The van der Waals surface area contributed by atoms with E-state index in [9.17, 15) is 9.50 Å². The molecule has 2 aliphatic carbocycles. The van der Waals surface area contributed by atoms with Crippen LogP contribution in [0.25, 0.3) is 11.8 Å². The molecule has 1 fully saturated rings. The minimum atomic E-state index is -0.578. The van der Waals surface area contributed by atoms with E-state index in [1.165, 1.54) is 23.3 Å². The lowest BCUT2D eigenvalue weighted by Crippen LogP contribution is -2.38. The Morgan fingerprint density at radius 1 is 1.19 bits per heavy atom. The first-order valence-electron chi connectivity index (χ1n) is 10.9. The summed E-state index contributed by atoms with van der Waals surface area (Å²) in [5.41, 5.74) is 6.30. The van der Waals surface area contributed by atoms with Crippen LogP contribution in [0.2, 0.25) is 0 Å². The number of aliphatic hydroxyl groups is 1. The molecule has 2 aromatic heterocycles. The fourth-order valence-electron chi connectivity index (χ4n) is 5.62. The summed E-state index contributed by atoms with van der Waals surface area (Å²) < 4.78 is 15.3. The summed E-state index contributed by atoms with van der Waals surface area (Å²) in [5, 5.41) is 15.7. The van der Waals surface area contributed by atoms with Gasteiger partial charge in [-0.1, -0.05) is 25.5 Å². The lowest BCUT2D eigenvalue weighted by Gasteiger charge is -2.45. The van der Waals surface area contributed by atoms with Gasteiger partial charge in [0.2, 0.25) is 0 Å². The Morgan fingerprint density at radius 2 is 1.97 bits per heavy atom. The van der Waals surface area contributed by atoms with Crippen molar-refractivity contribution in [2.24, 2.45) is 10.8 Å². The van der Waals surface area contributed by atoms with E-state index in [4.69, 9.17) is 0 Å². The van der Waals surface area contributed by atoms with E-state index in [0.717, 1.165) is 41.9 Å². The molecule has 5 heteroatoms. The number of hydrogen-bond donors (Lipinski definition) is 1. The molecule has 31 heavy (non-hydrogen) atoms. The second-order valence-corrected chi connectivity index (χ2v) is 9.61. The van der Waals surface area contributed by atoms with Crippen LogP contribution in [-0.4, -0.2) is 19.9 Å². The molecule has 4 nitrogen and oxygen atoms in total. The molecule has 2 aliphatic rings. The number of hydrogen-bond acceptors (Lipinski definition) is 3. The van der Waals surface area contributed by atoms with Gasteiger partial charge in [-0.15, -0.1) is 0 Å². The Hall–Kier alpha value is -2.79. The second-order valence-electron chi connectivity index (χ2n) is 9.61. The number of aliphatic hydroxyl groups excluding tert-OH is 1. The molecule has 3 aromatic rings. The fraction of sp³-hybridized carbons (Fsp3) is 0.385. The van der Waals surface area contributed by atoms with E-state index >= 15 is 0 Å². The molecule has 3 atom stereocenters. The van der Waals surface area contributed by atoms with Gasteiger partial charge in [0, 0.05) is 6.20 Å². The zero-order valence-corrected chi connectivity index (χ0v) is 18.3. The summed E-state index contributed by atoms with van der Waals surface area (Å²) in [5.74, 6) is -0.246. The van der Waals surface area contributed by atoms with Gasteiger partial charge in [0.25, 0.3) is 0 Å². The highest BCUT2D eigenvalue weighted by molar-refractivity contribution is 5.62. The van der Waals surface area contributed by atoms with Crippen LogP contribution in [0.3, 0.4) is 0 Å². The average molecular weight is 418 g/mol. The molecule has 1 unspecified atom stereocenters. The van der Waals surface area contributed by atoms with Crippen LogP contribution in [0.1, 0.15) is 61.7 Å². The van der Waals surface area contributed by atoms with Gasteiger partial charge in [-0.2, -0.15) is 5.10 Å². The molecule has 0 radical (unpaired) electrons. The van der Waals surface area contributed by atoms with Crippen LogP contribution >= 0.6 is 0 Å². The van der Waals surface area contributed by atoms with Gasteiger partial charge in [-0.25, -0.2) is 9.07 Å². The number of aryl methyl sites for hydroxylation is 1. The maximum atomic E-state index is 13.4. The van der Waals surface area contributed by atoms with Gasteiger partial charge >= 0.3 is 0 Å². The predicted molar refractivity (Wildman–Crippen MR) is 119 cm³/mol. The Balaban J connectivity index is 1.47. The molecule has 2 heterocycles. The summed E-state index contributed by atoms with van der Waals surface area (Å²) in [7, 11) is 0. The van der Waals surface area contributed by atoms with Crippen LogP contribution in [0.5, 0.6) is 0 Å². The summed E-state index contributed by atoms with van der Waals surface area (Å²) in [6.45, 7) is 6.65. The third-order valence-electron chi connectivity index (χ3n) is 7.81. The first-order valence-corrected chi connectivity index (χ1v) is 10.9. The molecule has 1 saturated carbocycles. The van der Waals surface area contributed by atoms with Crippen molar-refractivity contribution in [3.8, 4) is 5.69 Å². The first-order chi connectivity index (χ1) is 14.8. The summed E-state index contributed by atoms with van der Waals surface area (Å²) in [4.78, 5) is 4.45. The Morgan fingerprint density at radius 3 is 2.71 bits per heavy atom. The van der Waals surface area contributed by atoms with Gasteiger partial charge in [0.05, 0.1) is 29.4 Å². The van der Waals surface area contributed by atoms with Gasteiger partial charge < -0.3 is 5.11 Å². The van der Waals surface area contributed by atoms with Crippen molar-refractivity contribution >= 4 is 6.08 Å². The molecule has 5 rings (SSSR count). The topological polar surface area (TPSA) is 50.9 Å². The lowest BCUT2D eigenvalue weighted by atomic mass is 9.59. The zero-order valence-electron chi connectivity index (χ0n) is 18.3. The molecule has 160 valence electrons. The molecule has 0 aliphatic heterocycles. The third kappa shape index (κ3) is 3.14. The van der Waals surface area contributed by atoms with Crippen molar-refractivity contribution in [2.75, 3.05) is 0 Å². The highest BCUT2D eigenvalue weighted by Crippen LogP contribution is 2.62. The SMILES string of the molecule is Cc1cccnc1C(O)C[C@]1(C)CCC2=Cc3c(cnn3-c3ccc(F)cc3)C[C@@]21C. The first kappa shape index (κ1) is 20.1. The maximum Gasteiger partial charge on any atom is 0.123 e. The van der Waals surface area contributed by atoms with Crippen molar-refractivity contribution in [1.82, 2.24) is 14.8 Å². The number of halogens is 1. The smallest absolute Gasteiger partial charge is 0.123 e. The number of rotatable bonds is 4. The summed E-state index contributed by atoms with van der Waals surface area (Å²) in [6.07, 6.45) is 9.01. The summed E-state index contributed by atoms with van der Waals surface area (Å²) >= 11 is 0. The number of benzene rings is 1. The van der Waals surface area contributed by atoms with E-state index in [1.54, 1.807) is 18.3 Å². The van der Waals surface area contributed by atoms with Crippen molar-refractivity contribution in [1.29, 1.82) is 0 Å². The highest BCUT2D eigenvalue weighted by atomic mass is 19.1. The number of aromatic nitrogens is 3. The standard InChI is InChI=1S/C26H28FN3O/c1-17-5-4-12-28-24(17)23(31)15-25(2)11-10-19-13-22-18(14-26(19,25)3)16-29-30(22)21-8-6-20(27)7-9-21/h4-9,12-13,16,23,31H,10-11,14-15H2,1-3H3/t23?,25-,26-/m0/s1. The van der Waals surface area contributed by atoms with Crippen LogP contribution in [0.15, 0.2) is 54.4 Å². The van der Waals surface area contributed by atoms with Gasteiger partial charge in [0.15, 0.2) is 0 Å². The zero-order chi connectivity index (χ0) is 21.8. The molecule has 0 bridgehead atoms. The Kier molecular flexibility index (Phi) is 4.63. The van der Waals surface area contributed by atoms with Crippen molar-refractivity contribution in [3.63, 3.8) is 0 Å². The molecule has 0 saturated heterocycles. The lowest BCUT2D eigenvalue weighted by molar-refractivity contribution is 0.0443. The van der Waals surface area contributed by atoms with Crippen molar-refractivity contribution in [3.05, 3.63) is 82.7 Å². The molecule has 0 amide bonds. The van der Waals surface area contributed by atoms with Crippen LogP contribution in [0, 0.1) is 23.6 Å². The maximum absolute atomic E-state index is 13.4. The minimum absolute atomic E-state index is 0.0413. The van der Waals surface area contributed by atoms with E-state index in [0.29, 0.717) is 6.42 Å². The third-order valence-corrected chi connectivity index (χ3v) is 7.81. The predicted octanol–water partition coefficient (Wildman–Crippen LogP) is 5.58. The number of pyridine rings is 1. The molecular formula is C26H28FN3O. The largest absolute Gasteiger partial charge is 0.387 e. The number of nitrogens with zero attached hydrogens (tertiary/aromatic N) is 3. The minimum Gasteiger partial charge on any atom is -0.387 e. The van der Waals surface area contributed by atoms with Crippen LogP contribution < -0.4 is 0 Å². The van der Waals surface area contributed by atoms with Crippen LogP contribution in [-0.2, 0) is 6.42 Å². The Bertz CT molecular complexity index is 1170. The van der Waals surface area contributed by atoms with Gasteiger partial charge in [-0.05, 0) is 91.0 Å². The summed E-state index contributed by atoms with van der Waals surface area (Å²) in [6, 6.07) is 10.4. The molecule has 1 N–H and O–H groups in total. The van der Waals surface area contributed by atoms with Gasteiger partial charge in [-0.3, -0.25) is 4.98 Å². The fourth-order valence-corrected chi connectivity index (χ4v) is 5.62. The Labute approximate surface area is 182 Å². The monoisotopic (exact) mass is 417 g/mol. The normalized spacial score (nSPS) is 25.6. The van der Waals surface area contributed by atoms with E-state index < -0.39 is 6.10 Å². The second kappa shape index (κ2) is 7.13. The molecule has 1 aromatic carbocycles.